The number of hydrogen-bond donors (Lipinski definition) is 0. The van der Waals surface area contributed by atoms with Gasteiger partial charge in [-0.2, -0.15) is 0 Å². The van der Waals surface area contributed by atoms with E-state index in [9.17, 15) is 0 Å². The molecule has 0 heterocycles. The zero-order valence-corrected chi connectivity index (χ0v) is 11.2. The largest absolute Gasteiger partial charge is 2.00 e. The van der Waals surface area contributed by atoms with Crippen LogP contribution >= 0.6 is 0 Å². The Labute approximate surface area is 104 Å². The van der Waals surface area contributed by atoms with Crippen molar-refractivity contribution in [2.45, 2.75) is 78.1 Å². The van der Waals surface area contributed by atoms with Crippen LogP contribution in [0.5, 0.6) is 0 Å². The van der Waals surface area contributed by atoms with Crippen molar-refractivity contribution >= 4 is 23.1 Å². The molecular weight excluding hydrogens is 168 g/mol. The predicted molar refractivity (Wildman–Crippen MR) is 65.5 cm³/mol. The molecule has 78 valence electrons. The van der Waals surface area contributed by atoms with Crippen molar-refractivity contribution < 1.29 is 2.85 Å². The summed E-state index contributed by atoms with van der Waals surface area (Å²) in [6.07, 6.45) is 14.4. The van der Waals surface area contributed by atoms with Crippen molar-refractivity contribution in [1.82, 2.24) is 0 Å². The molecule has 13 heavy (non-hydrogen) atoms. The molecule has 0 aliphatic carbocycles. The second kappa shape index (κ2) is 15.2. The summed E-state index contributed by atoms with van der Waals surface area (Å²) in [6, 6.07) is 0. The van der Waals surface area contributed by atoms with Gasteiger partial charge in [-0.1, -0.05) is 78.1 Å². The van der Waals surface area contributed by atoms with Gasteiger partial charge in [0.05, 0.1) is 0 Å². The molecule has 0 aromatic heterocycles. The van der Waals surface area contributed by atoms with E-state index in [1.54, 1.807) is 0 Å². The molecule has 0 saturated heterocycles. The van der Waals surface area contributed by atoms with Crippen molar-refractivity contribution in [3.8, 4) is 0 Å². The minimum absolute atomic E-state index is 0. The molecular formula is C12H28Mg. The standard InChI is InChI=1S/C12H26.Mg.2H/c1-3-5-7-9-11-12-10-8-6-4-2;;;/h3-12H2,1-2H3;;;/q;+2;2*-1. The maximum absolute atomic E-state index is 2.28. The van der Waals surface area contributed by atoms with Crippen LogP contribution in [-0.4, -0.2) is 23.1 Å². The summed E-state index contributed by atoms with van der Waals surface area (Å²) in [4.78, 5) is 0. The molecule has 0 nitrogen and oxygen atoms in total. The first kappa shape index (κ1) is 16.2. The monoisotopic (exact) mass is 196 g/mol. The minimum atomic E-state index is 0. The molecule has 0 aliphatic rings. The zero-order valence-electron chi connectivity index (χ0n) is 11.8. The van der Waals surface area contributed by atoms with E-state index in [2.05, 4.69) is 13.8 Å². The predicted octanol–water partition coefficient (Wildman–Crippen LogP) is 4.77. The Hall–Kier alpha value is 0.766. The fourth-order valence-electron chi connectivity index (χ4n) is 1.56. The third kappa shape index (κ3) is 15.5. The molecule has 0 aliphatic heterocycles. The Kier molecular flexibility index (Phi) is 19.0. The van der Waals surface area contributed by atoms with E-state index in [0.29, 0.717) is 0 Å². The molecule has 0 radical (unpaired) electrons. The minimum Gasteiger partial charge on any atom is -1.00 e. The zero-order chi connectivity index (χ0) is 9.07. The van der Waals surface area contributed by atoms with E-state index in [4.69, 9.17) is 0 Å². The van der Waals surface area contributed by atoms with Crippen LogP contribution in [0.15, 0.2) is 0 Å². The van der Waals surface area contributed by atoms with Crippen molar-refractivity contribution in [1.29, 1.82) is 0 Å². The molecule has 0 amide bonds. The molecule has 0 atom stereocenters. The van der Waals surface area contributed by atoms with Gasteiger partial charge in [0, 0.05) is 0 Å². The third-order valence-corrected chi connectivity index (χ3v) is 2.46. The number of hydrogen-bond acceptors (Lipinski definition) is 0. The molecule has 0 aromatic carbocycles. The Morgan fingerprint density at radius 3 is 1.00 bits per heavy atom. The van der Waals surface area contributed by atoms with Crippen LogP contribution < -0.4 is 0 Å². The second-order valence-corrected chi connectivity index (χ2v) is 3.83. The Morgan fingerprint density at radius 1 is 0.538 bits per heavy atom. The fraction of sp³-hybridized carbons (Fsp3) is 1.00. The maximum Gasteiger partial charge on any atom is 2.00 e. The summed E-state index contributed by atoms with van der Waals surface area (Å²) >= 11 is 0. The van der Waals surface area contributed by atoms with Crippen LogP contribution in [-0.2, 0) is 0 Å². The van der Waals surface area contributed by atoms with Gasteiger partial charge in [0.15, 0.2) is 0 Å². The SMILES string of the molecule is CCCCCCCCCCCC.[H-].[H-].[Mg+2]. The van der Waals surface area contributed by atoms with Crippen LogP contribution in [0.2, 0.25) is 0 Å². The van der Waals surface area contributed by atoms with Crippen LogP contribution in [0.25, 0.3) is 0 Å². The van der Waals surface area contributed by atoms with Crippen LogP contribution in [0.3, 0.4) is 0 Å². The molecule has 0 unspecified atom stereocenters. The van der Waals surface area contributed by atoms with Gasteiger partial charge in [-0.15, -0.1) is 0 Å². The first-order valence-corrected chi connectivity index (χ1v) is 5.91. The van der Waals surface area contributed by atoms with Gasteiger partial charge in [-0.3, -0.25) is 0 Å². The van der Waals surface area contributed by atoms with Gasteiger partial charge in [-0.05, 0) is 0 Å². The van der Waals surface area contributed by atoms with Crippen LogP contribution in [0.1, 0.15) is 80.9 Å². The van der Waals surface area contributed by atoms with Gasteiger partial charge in [0.2, 0.25) is 0 Å². The summed E-state index contributed by atoms with van der Waals surface area (Å²) in [6.45, 7) is 4.56. The van der Waals surface area contributed by atoms with E-state index in [-0.39, 0.29) is 25.9 Å². The van der Waals surface area contributed by atoms with E-state index >= 15 is 0 Å². The van der Waals surface area contributed by atoms with Crippen molar-refractivity contribution in [2.24, 2.45) is 0 Å². The van der Waals surface area contributed by atoms with E-state index < -0.39 is 0 Å². The van der Waals surface area contributed by atoms with Crippen molar-refractivity contribution in [2.75, 3.05) is 0 Å². The summed E-state index contributed by atoms with van der Waals surface area (Å²) in [5, 5.41) is 0. The summed E-state index contributed by atoms with van der Waals surface area (Å²) in [7, 11) is 0. The van der Waals surface area contributed by atoms with E-state index in [0.717, 1.165) is 0 Å². The molecule has 0 N–H and O–H groups in total. The average Bonchev–Trinajstić information content (AvgIpc) is 2.10. The molecule has 0 fully saturated rings. The third-order valence-electron chi connectivity index (χ3n) is 2.46. The van der Waals surface area contributed by atoms with Crippen LogP contribution in [0, 0.1) is 0 Å². The molecule has 0 spiro atoms. The summed E-state index contributed by atoms with van der Waals surface area (Å²) in [5.74, 6) is 0. The first-order chi connectivity index (χ1) is 5.91. The second-order valence-electron chi connectivity index (χ2n) is 3.83. The summed E-state index contributed by atoms with van der Waals surface area (Å²) < 4.78 is 0. The molecule has 0 rings (SSSR count). The number of rotatable bonds is 9. The smallest absolute Gasteiger partial charge is 1.00 e. The average molecular weight is 197 g/mol. The van der Waals surface area contributed by atoms with Crippen LogP contribution in [0.4, 0.5) is 0 Å². The summed E-state index contributed by atoms with van der Waals surface area (Å²) in [5.41, 5.74) is 0. The fourth-order valence-corrected chi connectivity index (χ4v) is 1.56. The molecule has 0 aromatic rings. The quantitative estimate of drug-likeness (QED) is 0.368. The van der Waals surface area contributed by atoms with E-state index in [1.807, 2.05) is 0 Å². The maximum atomic E-state index is 2.28. The van der Waals surface area contributed by atoms with Crippen molar-refractivity contribution in [3.05, 3.63) is 0 Å². The van der Waals surface area contributed by atoms with Gasteiger partial charge < -0.3 is 2.85 Å². The number of unbranched alkanes of at least 4 members (excludes halogenated alkanes) is 9. The normalized spacial score (nSPS) is 9.69. The topological polar surface area (TPSA) is 0 Å². The van der Waals surface area contributed by atoms with Gasteiger partial charge in [0.1, 0.15) is 0 Å². The van der Waals surface area contributed by atoms with Gasteiger partial charge in [0.25, 0.3) is 0 Å². The molecule has 0 saturated carbocycles. The molecule has 1 heteroatoms. The van der Waals surface area contributed by atoms with E-state index in [1.165, 1.54) is 64.2 Å². The Morgan fingerprint density at radius 2 is 0.769 bits per heavy atom. The van der Waals surface area contributed by atoms with Gasteiger partial charge in [-0.25, -0.2) is 0 Å². The first-order valence-electron chi connectivity index (χ1n) is 5.91. The Balaban J connectivity index is -0.000000202. The Bertz CT molecular complexity index is 70.0. The van der Waals surface area contributed by atoms with Crippen molar-refractivity contribution in [3.63, 3.8) is 0 Å². The molecule has 0 bridgehead atoms. The van der Waals surface area contributed by atoms with Gasteiger partial charge >= 0.3 is 23.1 Å².